The van der Waals surface area contributed by atoms with Crippen molar-refractivity contribution in [2.75, 3.05) is 7.11 Å². The number of imidazole rings is 1. The van der Waals surface area contributed by atoms with Crippen LogP contribution in [-0.2, 0) is 16.0 Å². The molecule has 0 amide bonds. The number of thioether (sulfide) groups is 1. The fourth-order valence-electron chi connectivity index (χ4n) is 5.14. The number of Topliss-reactive ketones (excluding diaryl/α,β-unsaturated/α-hetero) is 1. The minimum Gasteiger partial charge on any atom is -0.495 e. The van der Waals surface area contributed by atoms with E-state index < -0.39 is 29.1 Å². The van der Waals surface area contributed by atoms with Gasteiger partial charge in [0, 0.05) is 39.4 Å². The molecule has 0 aliphatic heterocycles. The van der Waals surface area contributed by atoms with Gasteiger partial charge < -0.3 is 21.3 Å². The number of aromatic nitrogens is 2. The van der Waals surface area contributed by atoms with Crippen LogP contribution in [0.5, 0.6) is 5.75 Å². The van der Waals surface area contributed by atoms with Gasteiger partial charge in [-0.3, -0.25) is 9.36 Å². The molecule has 0 saturated carbocycles. The zero-order valence-electron chi connectivity index (χ0n) is 26.5. The number of ether oxygens (including phenoxy) is 1. The number of nitrogens with two attached hydrogens (primary N) is 2. The van der Waals surface area contributed by atoms with Crippen LogP contribution in [0.4, 0.5) is 8.78 Å². The Kier molecular flexibility index (Phi) is 12.1. The molecular formula is C34H35Cl2F2N5O4S. The fraction of sp³-hybridized carbons (Fsp3) is 0.294. The van der Waals surface area contributed by atoms with Gasteiger partial charge in [0.05, 0.1) is 24.0 Å². The van der Waals surface area contributed by atoms with Crippen LogP contribution in [-0.4, -0.2) is 45.5 Å². The zero-order chi connectivity index (χ0) is 35.2. The predicted octanol–water partition coefficient (Wildman–Crippen LogP) is 7.55. The summed E-state index contributed by atoms with van der Waals surface area (Å²) in [7, 11) is 1.54. The SMILES string of the molecule is COc1cc(C(C)(C)c2cnc(SCc3c(F)cc(C(=O)CCCC[C@H](N=C(N)N)C(=O)O)cc3Cl)n2-c2ccc(F)cc2)ccc1Cl. The van der Waals surface area contributed by atoms with E-state index in [0.717, 1.165) is 17.3 Å². The Morgan fingerprint density at radius 1 is 1.06 bits per heavy atom. The molecule has 254 valence electrons. The maximum absolute atomic E-state index is 15.4. The van der Waals surface area contributed by atoms with Gasteiger partial charge in [-0.15, -0.1) is 0 Å². The number of halogens is 4. The molecule has 0 spiro atoms. The Bertz CT molecular complexity index is 1810. The topological polar surface area (TPSA) is 146 Å². The quantitative estimate of drug-likeness (QED) is 0.0376. The van der Waals surface area contributed by atoms with Crippen molar-refractivity contribution in [1.82, 2.24) is 9.55 Å². The number of aliphatic imine (C=N–C) groups is 1. The van der Waals surface area contributed by atoms with Crippen LogP contribution in [0.15, 0.2) is 70.9 Å². The average molecular weight is 719 g/mol. The number of carbonyl (C=O) groups is 2. The summed E-state index contributed by atoms with van der Waals surface area (Å²) in [6.07, 6.45) is 2.66. The van der Waals surface area contributed by atoms with Gasteiger partial charge in [0.15, 0.2) is 22.9 Å². The van der Waals surface area contributed by atoms with E-state index in [2.05, 4.69) is 9.98 Å². The minimum absolute atomic E-state index is 0.0607. The van der Waals surface area contributed by atoms with Gasteiger partial charge in [0.25, 0.3) is 0 Å². The highest BCUT2D eigenvalue weighted by Crippen LogP contribution is 2.40. The molecule has 0 aliphatic carbocycles. The predicted molar refractivity (Wildman–Crippen MR) is 185 cm³/mol. The van der Waals surface area contributed by atoms with Crippen LogP contribution in [0, 0.1) is 11.6 Å². The number of hydrogen-bond donors (Lipinski definition) is 3. The lowest BCUT2D eigenvalue weighted by molar-refractivity contribution is -0.138. The second-order valence-electron chi connectivity index (χ2n) is 11.5. The Morgan fingerprint density at radius 2 is 1.77 bits per heavy atom. The standard InChI is InChI=1S/C34H35Cl2F2N5O4S/c1-34(2,20-8-13-24(35)29(16-20)47-3)30-17-41-33(43(30)22-11-9-21(37)10-12-22)48-18-23-25(36)14-19(15-26(23)38)28(44)7-5-4-6-27(31(45)46)42-32(39)40/h8-17,27H,4-7,18H2,1-3H3,(H,45,46)(H4,39,40,42)/t27-/m0/s1. The third-order valence-corrected chi connectivity index (χ3v) is 9.49. The van der Waals surface area contributed by atoms with Gasteiger partial charge >= 0.3 is 5.97 Å². The van der Waals surface area contributed by atoms with E-state index >= 15 is 4.39 Å². The molecule has 9 nitrogen and oxygen atoms in total. The van der Waals surface area contributed by atoms with Gasteiger partial charge in [0.1, 0.15) is 17.4 Å². The summed E-state index contributed by atoms with van der Waals surface area (Å²) in [4.78, 5) is 32.5. The molecule has 5 N–H and O–H groups in total. The first kappa shape index (κ1) is 36.7. The summed E-state index contributed by atoms with van der Waals surface area (Å²) in [6.45, 7) is 4.03. The van der Waals surface area contributed by atoms with Crippen molar-refractivity contribution in [3.63, 3.8) is 0 Å². The Balaban J connectivity index is 1.55. The van der Waals surface area contributed by atoms with E-state index in [4.69, 9.17) is 39.4 Å². The third-order valence-electron chi connectivity index (χ3n) is 7.86. The van der Waals surface area contributed by atoms with Crippen molar-refractivity contribution in [1.29, 1.82) is 0 Å². The minimum atomic E-state index is -1.17. The Hall–Kier alpha value is -4.13. The fourth-order valence-corrected chi connectivity index (χ4v) is 6.72. The third kappa shape index (κ3) is 8.66. The Morgan fingerprint density at radius 3 is 2.40 bits per heavy atom. The maximum Gasteiger partial charge on any atom is 0.328 e. The average Bonchev–Trinajstić information content (AvgIpc) is 3.47. The van der Waals surface area contributed by atoms with Crippen molar-refractivity contribution in [2.45, 2.75) is 61.9 Å². The first-order chi connectivity index (χ1) is 22.7. The molecule has 1 aromatic heterocycles. The molecule has 4 aromatic rings. The van der Waals surface area contributed by atoms with E-state index in [0.29, 0.717) is 34.5 Å². The van der Waals surface area contributed by atoms with Gasteiger partial charge in [0.2, 0.25) is 0 Å². The van der Waals surface area contributed by atoms with Crippen molar-refractivity contribution >= 4 is 52.7 Å². The van der Waals surface area contributed by atoms with E-state index in [1.165, 1.54) is 30.0 Å². The van der Waals surface area contributed by atoms with Crippen LogP contribution in [0.3, 0.4) is 0 Å². The second-order valence-corrected chi connectivity index (χ2v) is 13.3. The smallest absolute Gasteiger partial charge is 0.328 e. The molecule has 48 heavy (non-hydrogen) atoms. The van der Waals surface area contributed by atoms with Gasteiger partial charge in [-0.1, -0.05) is 61.3 Å². The first-order valence-corrected chi connectivity index (χ1v) is 16.6. The maximum atomic E-state index is 15.4. The number of benzene rings is 3. The van der Waals surface area contributed by atoms with Crippen LogP contribution < -0.4 is 16.2 Å². The number of rotatable bonds is 15. The molecule has 0 bridgehead atoms. The van der Waals surface area contributed by atoms with E-state index in [1.807, 2.05) is 30.5 Å². The molecule has 4 rings (SSSR count). The molecule has 0 unspecified atom stereocenters. The number of carboxylic acids is 1. The molecular weight excluding hydrogens is 683 g/mol. The lowest BCUT2D eigenvalue weighted by Gasteiger charge is -2.28. The summed E-state index contributed by atoms with van der Waals surface area (Å²) in [5.41, 5.74) is 12.6. The highest BCUT2D eigenvalue weighted by molar-refractivity contribution is 7.98. The molecule has 0 radical (unpaired) electrons. The number of carbonyl (C=O) groups excluding carboxylic acids is 1. The van der Waals surface area contributed by atoms with Crippen LogP contribution in [0.1, 0.15) is 66.7 Å². The molecule has 0 aliphatic rings. The largest absolute Gasteiger partial charge is 0.495 e. The number of nitrogens with zero attached hydrogens (tertiary/aromatic N) is 3. The number of methoxy groups -OCH3 is 1. The molecule has 3 aromatic carbocycles. The number of hydrogen-bond acceptors (Lipinski definition) is 6. The van der Waals surface area contributed by atoms with Gasteiger partial charge in [-0.05, 0) is 66.9 Å². The number of ketones is 1. The van der Waals surface area contributed by atoms with E-state index in [1.54, 1.807) is 31.5 Å². The summed E-state index contributed by atoms with van der Waals surface area (Å²) >= 11 is 14.0. The van der Waals surface area contributed by atoms with Crippen molar-refractivity contribution in [3.05, 3.63) is 105 Å². The molecule has 1 heterocycles. The molecule has 1 atom stereocenters. The monoisotopic (exact) mass is 717 g/mol. The summed E-state index contributed by atoms with van der Waals surface area (Å²) in [5.74, 6) is -2.26. The van der Waals surface area contributed by atoms with E-state index in [-0.39, 0.29) is 46.5 Å². The van der Waals surface area contributed by atoms with E-state index in [9.17, 15) is 19.1 Å². The van der Waals surface area contributed by atoms with Crippen molar-refractivity contribution in [2.24, 2.45) is 16.5 Å². The number of carboxylic acid groups (broad SMARTS) is 1. The second kappa shape index (κ2) is 15.8. The Labute approximate surface area is 291 Å². The lowest BCUT2D eigenvalue weighted by atomic mass is 9.81. The first-order valence-electron chi connectivity index (χ1n) is 14.9. The number of aliphatic carboxylic acids is 1. The van der Waals surface area contributed by atoms with Crippen molar-refractivity contribution < 1.29 is 28.2 Å². The summed E-state index contributed by atoms with van der Waals surface area (Å²) < 4.78 is 36.7. The molecule has 0 fully saturated rings. The number of guanidine groups is 1. The highest BCUT2D eigenvalue weighted by atomic mass is 35.5. The summed E-state index contributed by atoms with van der Waals surface area (Å²) in [6, 6.07) is 13.0. The molecule has 0 saturated heterocycles. The number of unbranched alkanes of at least 4 members (excludes halogenated alkanes) is 1. The van der Waals surface area contributed by atoms with Crippen LogP contribution in [0.25, 0.3) is 5.69 Å². The zero-order valence-corrected chi connectivity index (χ0v) is 28.8. The molecule has 14 heteroatoms. The summed E-state index contributed by atoms with van der Waals surface area (Å²) in [5, 5.41) is 10.3. The van der Waals surface area contributed by atoms with Crippen LogP contribution in [0.2, 0.25) is 10.0 Å². The van der Waals surface area contributed by atoms with Crippen LogP contribution >= 0.6 is 35.0 Å². The lowest BCUT2D eigenvalue weighted by Crippen LogP contribution is -2.28. The van der Waals surface area contributed by atoms with Gasteiger partial charge in [-0.2, -0.15) is 0 Å². The normalized spacial score (nSPS) is 12.1. The van der Waals surface area contributed by atoms with Crippen molar-refractivity contribution in [3.8, 4) is 11.4 Å². The highest BCUT2D eigenvalue weighted by Gasteiger charge is 2.30. The van der Waals surface area contributed by atoms with Gasteiger partial charge in [-0.25, -0.2) is 23.6 Å².